The summed E-state index contributed by atoms with van der Waals surface area (Å²) in [7, 11) is 1.71. The first-order valence-corrected chi connectivity index (χ1v) is 10.4. The molecule has 7 nitrogen and oxygen atoms in total. The summed E-state index contributed by atoms with van der Waals surface area (Å²) in [6.07, 6.45) is 2.58. The summed E-state index contributed by atoms with van der Waals surface area (Å²) in [6, 6.07) is 4.80. The van der Waals surface area contributed by atoms with E-state index in [0.29, 0.717) is 31.8 Å². The Hall–Kier alpha value is -2.48. The molecule has 0 fully saturated rings. The highest BCUT2D eigenvalue weighted by atomic mass is 32.1. The highest BCUT2D eigenvalue weighted by molar-refractivity contribution is 7.09. The first-order valence-electron chi connectivity index (χ1n) is 9.54. The fourth-order valence-electron chi connectivity index (χ4n) is 2.61. The van der Waals surface area contributed by atoms with Crippen LogP contribution in [0.15, 0.2) is 29.8 Å². The van der Waals surface area contributed by atoms with Crippen LogP contribution in [0.1, 0.15) is 50.2 Å². The van der Waals surface area contributed by atoms with Crippen molar-refractivity contribution in [2.75, 3.05) is 18.9 Å². The van der Waals surface area contributed by atoms with Gasteiger partial charge < -0.3 is 15.5 Å². The summed E-state index contributed by atoms with van der Waals surface area (Å²) in [6.45, 7) is 6.95. The predicted octanol–water partition coefficient (Wildman–Crippen LogP) is 3.65. The average molecular weight is 404 g/mol. The van der Waals surface area contributed by atoms with Gasteiger partial charge in [0.1, 0.15) is 5.82 Å². The number of carbonyl (C=O) groups is 2. The van der Waals surface area contributed by atoms with Gasteiger partial charge in [0.25, 0.3) is 0 Å². The normalized spacial score (nSPS) is 11.9. The molecule has 2 amide bonds. The van der Waals surface area contributed by atoms with E-state index in [1.165, 1.54) is 0 Å². The van der Waals surface area contributed by atoms with E-state index in [-0.39, 0.29) is 11.8 Å². The van der Waals surface area contributed by atoms with E-state index in [4.69, 9.17) is 0 Å². The van der Waals surface area contributed by atoms with Crippen LogP contribution in [0.25, 0.3) is 0 Å². The van der Waals surface area contributed by atoms with Crippen molar-refractivity contribution in [1.82, 2.24) is 20.2 Å². The third-order valence-corrected chi connectivity index (χ3v) is 5.44. The molecule has 0 bridgehead atoms. The zero-order chi connectivity index (χ0) is 20.5. The van der Waals surface area contributed by atoms with Crippen LogP contribution in [0.5, 0.6) is 0 Å². The van der Waals surface area contributed by atoms with E-state index in [9.17, 15) is 9.59 Å². The lowest BCUT2D eigenvalue weighted by Crippen LogP contribution is -2.47. The largest absolute Gasteiger partial charge is 0.370 e. The SMILES string of the molecule is CCC(=O)C(CCNc1ccccn1)NC(=O)N(C)Cc1csc(C(C)C)n1. The Balaban J connectivity index is 1.88. The molecule has 0 saturated carbocycles. The maximum absolute atomic E-state index is 12.6. The minimum Gasteiger partial charge on any atom is -0.370 e. The number of hydrogen-bond acceptors (Lipinski definition) is 6. The Morgan fingerprint density at radius 2 is 2.07 bits per heavy atom. The lowest BCUT2D eigenvalue weighted by atomic mass is 10.1. The number of anilines is 1. The van der Waals surface area contributed by atoms with Crippen LogP contribution in [0.3, 0.4) is 0 Å². The van der Waals surface area contributed by atoms with Gasteiger partial charge >= 0.3 is 6.03 Å². The molecule has 0 spiro atoms. The van der Waals surface area contributed by atoms with Gasteiger partial charge in [-0.3, -0.25) is 4.79 Å². The Kier molecular flexibility index (Phi) is 8.38. The molecule has 0 radical (unpaired) electrons. The zero-order valence-corrected chi connectivity index (χ0v) is 17.8. The van der Waals surface area contributed by atoms with Crippen molar-refractivity contribution in [3.63, 3.8) is 0 Å². The van der Waals surface area contributed by atoms with Crippen molar-refractivity contribution in [1.29, 1.82) is 0 Å². The molecule has 2 heterocycles. The van der Waals surface area contributed by atoms with Crippen molar-refractivity contribution in [2.45, 2.75) is 52.1 Å². The third kappa shape index (κ3) is 6.60. The predicted molar refractivity (Wildman–Crippen MR) is 113 cm³/mol. The fourth-order valence-corrected chi connectivity index (χ4v) is 3.43. The van der Waals surface area contributed by atoms with E-state index in [0.717, 1.165) is 16.5 Å². The number of rotatable bonds is 10. The zero-order valence-electron chi connectivity index (χ0n) is 16.9. The molecule has 0 aromatic carbocycles. The van der Waals surface area contributed by atoms with E-state index in [1.54, 1.807) is 36.4 Å². The van der Waals surface area contributed by atoms with E-state index >= 15 is 0 Å². The second kappa shape index (κ2) is 10.8. The third-order valence-electron chi connectivity index (χ3n) is 4.25. The van der Waals surface area contributed by atoms with Gasteiger partial charge in [0.2, 0.25) is 0 Å². The molecule has 2 N–H and O–H groups in total. The summed E-state index contributed by atoms with van der Waals surface area (Å²) >= 11 is 1.60. The lowest BCUT2D eigenvalue weighted by Gasteiger charge is -2.22. The van der Waals surface area contributed by atoms with E-state index in [1.807, 2.05) is 23.6 Å². The van der Waals surface area contributed by atoms with Gasteiger partial charge in [-0.15, -0.1) is 11.3 Å². The number of amides is 2. The van der Waals surface area contributed by atoms with Crippen LogP contribution >= 0.6 is 11.3 Å². The van der Waals surface area contributed by atoms with Crippen LogP contribution in [0.2, 0.25) is 0 Å². The minimum absolute atomic E-state index is 0.0142. The Labute approximate surface area is 170 Å². The van der Waals surface area contributed by atoms with Crippen molar-refractivity contribution in [2.24, 2.45) is 0 Å². The van der Waals surface area contributed by atoms with E-state index in [2.05, 4.69) is 34.4 Å². The van der Waals surface area contributed by atoms with Crippen molar-refractivity contribution >= 4 is 29.0 Å². The van der Waals surface area contributed by atoms with Gasteiger partial charge in [-0.25, -0.2) is 14.8 Å². The molecule has 152 valence electrons. The number of carbonyl (C=O) groups excluding carboxylic acids is 2. The lowest BCUT2D eigenvalue weighted by molar-refractivity contribution is -0.120. The molecule has 2 rings (SSSR count). The standard InChI is InChI=1S/C20H29N5O2S/c1-5-17(26)16(9-11-22-18-8-6-7-10-21-18)24-20(27)25(4)12-15-13-28-19(23-15)14(2)3/h6-8,10,13-14,16H,5,9,11-12H2,1-4H3,(H,21,22)(H,24,27). The quantitative estimate of drug-likeness (QED) is 0.632. The molecule has 8 heteroatoms. The molecule has 1 unspecified atom stereocenters. The first-order chi connectivity index (χ1) is 13.4. The number of nitrogens with zero attached hydrogens (tertiary/aromatic N) is 3. The highest BCUT2D eigenvalue weighted by Crippen LogP contribution is 2.19. The Morgan fingerprint density at radius 1 is 1.29 bits per heavy atom. The molecular formula is C20H29N5O2S. The van der Waals surface area contributed by atoms with Gasteiger partial charge in [-0.05, 0) is 18.6 Å². The maximum atomic E-state index is 12.6. The summed E-state index contributed by atoms with van der Waals surface area (Å²) in [5.41, 5.74) is 0.863. The summed E-state index contributed by atoms with van der Waals surface area (Å²) in [5, 5.41) is 9.06. The van der Waals surface area contributed by atoms with Gasteiger partial charge in [0.05, 0.1) is 23.3 Å². The molecule has 0 aliphatic heterocycles. The number of ketones is 1. The number of Topliss-reactive ketones (excluding diaryl/α,β-unsaturated/α-hetero) is 1. The molecule has 0 aliphatic carbocycles. The van der Waals surface area contributed by atoms with Crippen molar-refractivity contribution < 1.29 is 9.59 Å². The second-order valence-corrected chi connectivity index (χ2v) is 7.83. The van der Waals surface area contributed by atoms with Crippen LogP contribution in [-0.2, 0) is 11.3 Å². The average Bonchev–Trinajstić information content (AvgIpc) is 3.16. The molecule has 2 aromatic heterocycles. The monoisotopic (exact) mass is 403 g/mol. The molecule has 2 aromatic rings. The summed E-state index contributed by atoms with van der Waals surface area (Å²) in [5.74, 6) is 1.13. The molecule has 28 heavy (non-hydrogen) atoms. The van der Waals surface area contributed by atoms with Crippen molar-refractivity contribution in [3.8, 4) is 0 Å². The molecule has 1 atom stereocenters. The molecule has 0 saturated heterocycles. The highest BCUT2D eigenvalue weighted by Gasteiger charge is 2.21. The smallest absolute Gasteiger partial charge is 0.318 e. The molecular weight excluding hydrogens is 374 g/mol. The Bertz CT molecular complexity index is 763. The number of hydrogen-bond donors (Lipinski definition) is 2. The number of pyridine rings is 1. The number of thiazole rings is 1. The maximum Gasteiger partial charge on any atom is 0.318 e. The number of urea groups is 1. The van der Waals surface area contributed by atoms with Crippen LogP contribution < -0.4 is 10.6 Å². The van der Waals surface area contributed by atoms with E-state index < -0.39 is 6.04 Å². The van der Waals surface area contributed by atoms with Gasteiger partial charge in [-0.1, -0.05) is 26.8 Å². The fraction of sp³-hybridized carbons (Fsp3) is 0.500. The summed E-state index contributed by atoms with van der Waals surface area (Å²) in [4.78, 5) is 35.1. The van der Waals surface area contributed by atoms with Crippen LogP contribution in [0, 0.1) is 0 Å². The first kappa shape index (κ1) is 21.8. The topological polar surface area (TPSA) is 87.2 Å². The minimum atomic E-state index is -0.530. The van der Waals surface area contributed by atoms with Gasteiger partial charge in [-0.2, -0.15) is 0 Å². The molecule has 0 aliphatic rings. The van der Waals surface area contributed by atoms with Crippen LogP contribution in [0.4, 0.5) is 10.6 Å². The van der Waals surface area contributed by atoms with Gasteiger partial charge in [0, 0.05) is 37.5 Å². The summed E-state index contributed by atoms with van der Waals surface area (Å²) < 4.78 is 0. The Morgan fingerprint density at radius 3 is 2.68 bits per heavy atom. The number of aromatic nitrogens is 2. The van der Waals surface area contributed by atoms with Crippen LogP contribution in [-0.4, -0.2) is 46.3 Å². The van der Waals surface area contributed by atoms with Gasteiger partial charge in [0.15, 0.2) is 5.78 Å². The second-order valence-electron chi connectivity index (χ2n) is 6.94. The number of nitrogens with one attached hydrogen (secondary N) is 2. The van der Waals surface area contributed by atoms with Crippen molar-refractivity contribution in [3.05, 3.63) is 40.5 Å².